The minimum Gasteiger partial charge on any atom is -0.456 e. The third kappa shape index (κ3) is 4.07. The fourth-order valence-corrected chi connectivity index (χ4v) is 7.21. The lowest BCUT2D eigenvalue weighted by atomic mass is 9.99. The van der Waals surface area contributed by atoms with E-state index in [4.69, 9.17) is 8.83 Å². The molecule has 220 valence electrons. The summed E-state index contributed by atoms with van der Waals surface area (Å²) >= 11 is 0. The van der Waals surface area contributed by atoms with Crippen LogP contribution in [-0.4, -0.2) is 0 Å². The SMILES string of the molecule is c1ccc(N(c2cccc(-c3ccc4c(ccc5c6ccccc6oc45)c3)c2)c2ccc3c(c2)oc2ccc4ccccc4c23)cc1. The van der Waals surface area contributed by atoms with Crippen molar-refractivity contribution in [3.8, 4) is 11.1 Å². The molecule has 8 aromatic carbocycles. The van der Waals surface area contributed by atoms with Crippen LogP contribution in [0.1, 0.15) is 0 Å². The van der Waals surface area contributed by atoms with Gasteiger partial charge in [-0.05, 0) is 94.0 Å². The third-order valence-corrected chi connectivity index (χ3v) is 9.42. The molecule has 0 unspecified atom stereocenters. The van der Waals surface area contributed by atoms with Crippen molar-refractivity contribution in [3.05, 3.63) is 164 Å². The maximum absolute atomic E-state index is 6.47. The Kier molecular flexibility index (Phi) is 5.57. The number of rotatable bonds is 4. The van der Waals surface area contributed by atoms with Crippen molar-refractivity contribution in [3.63, 3.8) is 0 Å². The number of anilines is 3. The van der Waals surface area contributed by atoms with Crippen LogP contribution in [0.15, 0.2) is 173 Å². The molecule has 0 amide bonds. The van der Waals surface area contributed by atoms with Crippen molar-refractivity contribution in [1.82, 2.24) is 0 Å². The number of hydrogen-bond acceptors (Lipinski definition) is 3. The van der Waals surface area contributed by atoms with E-state index in [0.717, 1.165) is 82.8 Å². The average molecular weight is 602 g/mol. The predicted molar refractivity (Wildman–Crippen MR) is 196 cm³/mol. The fraction of sp³-hybridized carbons (Fsp3) is 0. The average Bonchev–Trinajstić information content (AvgIpc) is 3.71. The second-order valence-corrected chi connectivity index (χ2v) is 12.1. The monoisotopic (exact) mass is 601 g/mol. The molecule has 10 rings (SSSR count). The smallest absolute Gasteiger partial charge is 0.143 e. The van der Waals surface area contributed by atoms with Gasteiger partial charge in [-0.2, -0.15) is 0 Å². The Morgan fingerprint density at radius 1 is 0.340 bits per heavy atom. The summed E-state index contributed by atoms with van der Waals surface area (Å²) in [7, 11) is 0. The number of hydrogen-bond donors (Lipinski definition) is 0. The van der Waals surface area contributed by atoms with Gasteiger partial charge in [-0.15, -0.1) is 0 Å². The van der Waals surface area contributed by atoms with Crippen LogP contribution in [-0.2, 0) is 0 Å². The van der Waals surface area contributed by atoms with E-state index < -0.39 is 0 Å². The van der Waals surface area contributed by atoms with Crippen LogP contribution in [0.25, 0.3) is 76.5 Å². The molecule has 0 aliphatic carbocycles. The van der Waals surface area contributed by atoms with Gasteiger partial charge in [0.15, 0.2) is 0 Å². The Labute approximate surface area is 270 Å². The van der Waals surface area contributed by atoms with E-state index in [0.29, 0.717) is 0 Å². The van der Waals surface area contributed by atoms with E-state index in [2.05, 4.69) is 157 Å². The summed E-state index contributed by atoms with van der Waals surface area (Å²) in [5, 5.41) is 9.28. The van der Waals surface area contributed by atoms with Crippen molar-refractivity contribution < 1.29 is 8.83 Å². The highest BCUT2D eigenvalue weighted by atomic mass is 16.3. The van der Waals surface area contributed by atoms with Gasteiger partial charge in [0.05, 0.1) is 0 Å². The van der Waals surface area contributed by atoms with Crippen molar-refractivity contribution in [2.24, 2.45) is 0 Å². The zero-order valence-corrected chi connectivity index (χ0v) is 25.4. The number of benzene rings is 8. The van der Waals surface area contributed by atoms with Crippen molar-refractivity contribution >= 4 is 82.5 Å². The highest BCUT2D eigenvalue weighted by Gasteiger charge is 2.17. The van der Waals surface area contributed by atoms with Crippen LogP contribution in [0, 0.1) is 0 Å². The van der Waals surface area contributed by atoms with Crippen molar-refractivity contribution in [1.29, 1.82) is 0 Å². The number of nitrogens with zero attached hydrogens (tertiary/aromatic N) is 1. The molecule has 47 heavy (non-hydrogen) atoms. The molecule has 3 heteroatoms. The molecule has 0 fully saturated rings. The first-order chi connectivity index (χ1) is 23.3. The summed E-state index contributed by atoms with van der Waals surface area (Å²) in [6.45, 7) is 0. The molecule has 3 nitrogen and oxygen atoms in total. The molecule has 2 heterocycles. The summed E-state index contributed by atoms with van der Waals surface area (Å²) < 4.78 is 12.8. The van der Waals surface area contributed by atoms with Crippen LogP contribution in [0.2, 0.25) is 0 Å². The summed E-state index contributed by atoms with van der Waals surface area (Å²) in [6.07, 6.45) is 0. The molecular weight excluding hydrogens is 574 g/mol. The minimum atomic E-state index is 0.873. The Morgan fingerprint density at radius 3 is 2.00 bits per heavy atom. The van der Waals surface area contributed by atoms with Gasteiger partial charge in [-0.1, -0.05) is 91.0 Å². The summed E-state index contributed by atoms with van der Waals surface area (Å²) in [5.41, 5.74) is 9.12. The number of furan rings is 2. The first-order valence-corrected chi connectivity index (χ1v) is 15.9. The van der Waals surface area contributed by atoms with Gasteiger partial charge in [-0.3, -0.25) is 0 Å². The van der Waals surface area contributed by atoms with Crippen LogP contribution in [0.3, 0.4) is 0 Å². The molecule has 0 N–H and O–H groups in total. The second kappa shape index (κ2) is 10.1. The van der Waals surface area contributed by atoms with E-state index in [1.165, 1.54) is 10.8 Å². The van der Waals surface area contributed by atoms with Gasteiger partial charge in [-0.25, -0.2) is 0 Å². The van der Waals surface area contributed by atoms with Crippen LogP contribution < -0.4 is 4.90 Å². The molecule has 0 bridgehead atoms. The van der Waals surface area contributed by atoms with E-state index in [9.17, 15) is 0 Å². The Morgan fingerprint density at radius 2 is 1.06 bits per heavy atom. The minimum absolute atomic E-state index is 0.873. The van der Waals surface area contributed by atoms with Crippen LogP contribution >= 0.6 is 0 Å². The highest BCUT2D eigenvalue weighted by molar-refractivity contribution is 6.19. The molecule has 0 spiro atoms. The second-order valence-electron chi connectivity index (χ2n) is 12.1. The maximum atomic E-state index is 6.47. The van der Waals surface area contributed by atoms with Gasteiger partial charge < -0.3 is 13.7 Å². The summed E-state index contributed by atoms with van der Waals surface area (Å²) in [6, 6.07) is 57.8. The van der Waals surface area contributed by atoms with Gasteiger partial charge in [0.1, 0.15) is 22.3 Å². The zero-order chi connectivity index (χ0) is 30.9. The third-order valence-electron chi connectivity index (χ3n) is 9.42. The number of fused-ring (bicyclic) bond motifs is 10. The first kappa shape index (κ1) is 26.0. The first-order valence-electron chi connectivity index (χ1n) is 15.9. The fourth-order valence-electron chi connectivity index (χ4n) is 7.21. The van der Waals surface area contributed by atoms with Crippen molar-refractivity contribution in [2.75, 3.05) is 4.90 Å². The quantitative estimate of drug-likeness (QED) is 0.201. The predicted octanol–water partition coefficient (Wildman–Crippen LogP) is 12.9. The molecule has 10 aromatic rings. The topological polar surface area (TPSA) is 29.5 Å². The van der Waals surface area contributed by atoms with E-state index in [1.54, 1.807) is 0 Å². The summed E-state index contributed by atoms with van der Waals surface area (Å²) in [5.74, 6) is 0. The van der Waals surface area contributed by atoms with E-state index in [-0.39, 0.29) is 0 Å². The molecule has 0 saturated carbocycles. The Hall–Kier alpha value is -6.32. The van der Waals surface area contributed by atoms with Gasteiger partial charge in [0.2, 0.25) is 0 Å². The standard InChI is InChI=1S/C44H27NO2/c1-2-11-32(12-3-1)45(34-20-23-39-42(27-34)46-41-24-19-28-9-4-5-14-35(28)43(39)41)33-13-8-10-29(26-33)30-17-21-36-31(25-30)18-22-38-37-15-6-7-16-40(37)47-44(36)38/h1-27H. The largest absolute Gasteiger partial charge is 0.456 e. The lowest BCUT2D eigenvalue weighted by molar-refractivity contribution is 0.669. The van der Waals surface area contributed by atoms with E-state index >= 15 is 0 Å². The normalized spacial score (nSPS) is 11.8. The van der Waals surface area contributed by atoms with Gasteiger partial charge in [0.25, 0.3) is 0 Å². The molecule has 0 atom stereocenters. The molecule has 0 aliphatic rings. The maximum Gasteiger partial charge on any atom is 0.143 e. The molecule has 2 aromatic heterocycles. The lowest BCUT2D eigenvalue weighted by Gasteiger charge is -2.26. The Balaban J connectivity index is 1.10. The number of para-hydroxylation sites is 2. The van der Waals surface area contributed by atoms with Crippen LogP contribution in [0.4, 0.5) is 17.1 Å². The Bertz CT molecular complexity index is 2810. The molecule has 0 saturated heterocycles. The van der Waals surface area contributed by atoms with Gasteiger partial charge in [0, 0.05) is 50.1 Å². The molecular formula is C44H27NO2. The zero-order valence-electron chi connectivity index (χ0n) is 25.4. The van der Waals surface area contributed by atoms with Crippen molar-refractivity contribution in [2.45, 2.75) is 0 Å². The summed E-state index contributed by atoms with van der Waals surface area (Å²) in [4.78, 5) is 2.30. The molecule has 0 radical (unpaired) electrons. The van der Waals surface area contributed by atoms with E-state index in [1.807, 2.05) is 12.1 Å². The molecule has 0 aliphatic heterocycles. The van der Waals surface area contributed by atoms with Crippen LogP contribution in [0.5, 0.6) is 0 Å². The van der Waals surface area contributed by atoms with Gasteiger partial charge >= 0.3 is 0 Å². The highest BCUT2D eigenvalue weighted by Crippen LogP contribution is 2.42. The lowest BCUT2D eigenvalue weighted by Crippen LogP contribution is -2.09.